The predicted octanol–water partition coefficient (Wildman–Crippen LogP) is 1.09. The Morgan fingerprint density at radius 1 is 1.33 bits per heavy atom. The molecule has 1 heterocycles. The number of nitrogens with zero attached hydrogens (tertiary/aromatic N) is 1. The van der Waals surface area contributed by atoms with E-state index >= 15 is 0 Å². The lowest BCUT2D eigenvalue weighted by atomic mass is 9.94. The van der Waals surface area contributed by atoms with Crippen molar-refractivity contribution in [1.29, 1.82) is 0 Å². The van der Waals surface area contributed by atoms with Crippen LogP contribution >= 0.6 is 0 Å². The van der Waals surface area contributed by atoms with Crippen LogP contribution in [-0.2, 0) is 4.79 Å². The molecule has 1 fully saturated rings. The van der Waals surface area contributed by atoms with Crippen LogP contribution in [0.4, 0.5) is 0 Å². The van der Waals surface area contributed by atoms with E-state index in [1.807, 2.05) is 6.92 Å². The van der Waals surface area contributed by atoms with Gasteiger partial charge in [0.25, 0.3) is 0 Å². The molecule has 0 amide bonds. The number of aliphatic hydroxyl groups is 1. The van der Waals surface area contributed by atoms with Crippen molar-refractivity contribution in [2.45, 2.75) is 44.6 Å². The zero-order chi connectivity index (χ0) is 11.3. The van der Waals surface area contributed by atoms with E-state index in [-0.39, 0.29) is 6.42 Å². The van der Waals surface area contributed by atoms with Crippen LogP contribution in [0.3, 0.4) is 0 Å². The summed E-state index contributed by atoms with van der Waals surface area (Å²) in [6.07, 6.45) is 3.61. The van der Waals surface area contributed by atoms with Crippen molar-refractivity contribution in [3.8, 4) is 0 Å². The molecule has 2 N–H and O–H groups in total. The van der Waals surface area contributed by atoms with Gasteiger partial charge in [0.1, 0.15) is 0 Å². The number of hydrogen-bond acceptors (Lipinski definition) is 3. The van der Waals surface area contributed by atoms with Gasteiger partial charge in [0.05, 0.1) is 5.60 Å². The van der Waals surface area contributed by atoms with Crippen LogP contribution in [0.15, 0.2) is 0 Å². The Morgan fingerprint density at radius 2 is 1.93 bits per heavy atom. The first kappa shape index (κ1) is 12.5. The monoisotopic (exact) mass is 215 g/mol. The van der Waals surface area contributed by atoms with Crippen molar-refractivity contribution in [2.75, 3.05) is 19.6 Å². The summed E-state index contributed by atoms with van der Waals surface area (Å²) < 4.78 is 0. The second-order valence-electron chi connectivity index (χ2n) is 4.69. The summed E-state index contributed by atoms with van der Waals surface area (Å²) in [5, 5.41) is 18.2. The van der Waals surface area contributed by atoms with Crippen molar-refractivity contribution < 1.29 is 15.0 Å². The first-order valence-corrected chi connectivity index (χ1v) is 5.66. The van der Waals surface area contributed by atoms with E-state index in [2.05, 4.69) is 4.90 Å². The van der Waals surface area contributed by atoms with Crippen LogP contribution in [-0.4, -0.2) is 46.3 Å². The molecule has 15 heavy (non-hydrogen) atoms. The summed E-state index contributed by atoms with van der Waals surface area (Å²) in [6.45, 7) is 4.71. The number of aliphatic carboxylic acids is 1. The summed E-state index contributed by atoms with van der Waals surface area (Å²) in [4.78, 5) is 12.6. The lowest BCUT2D eigenvalue weighted by Crippen LogP contribution is -2.42. The third-order valence-electron chi connectivity index (χ3n) is 3.05. The molecule has 0 aliphatic carbocycles. The molecule has 0 aromatic heterocycles. The average Bonchev–Trinajstić information content (AvgIpc) is 2.14. The van der Waals surface area contributed by atoms with Gasteiger partial charge in [0.2, 0.25) is 0 Å². The number of carboxylic acid groups (broad SMARTS) is 1. The van der Waals surface area contributed by atoms with Crippen molar-refractivity contribution in [1.82, 2.24) is 4.90 Å². The molecule has 1 aliphatic rings. The fraction of sp³-hybridized carbons (Fsp3) is 0.909. The molecule has 1 saturated heterocycles. The van der Waals surface area contributed by atoms with E-state index in [9.17, 15) is 9.90 Å². The number of rotatable bonds is 5. The van der Waals surface area contributed by atoms with E-state index in [4.69, 9.17) is 5.11 Å². The lowest BCUT2D eigenvalue weighted by Gasteiger charge is -2.35. The minimum Gasteiger partial charge on any atom is -0.481 e. The van der Waals surface area contributed by atoms with Crippen LogP contribution in [0.1, 0.15) is 39.0 Å². The Labute approximate surface area is 90.9 Å². The molecule has 1 aliphatic heterocycles. The van der Waals surface area contributed by atoms with Crippen LogP contribution in [0.25, 0.3) is 0 Å². The fourth-order valence-corrected chi connectivity index (χ4v) is 1.87. The number of carboxylic acids is 1. The Morgan fingerprint density at radius 3 is 2.47 bits per heavy atom. The Bertz CT molecular complexity index is 206. The molecular formula is C11H21NO3. The number of carbonyl (C=O) groups is 1. The highest BCUT2D eigenvalue weighted by Crippen LogP contribution is 2.21. The van der Waals surface area contributed by atoms with E-state index in [0.717, 1.165) is 45.3 Å². The fourth-order valence-electron chi connectivity index (χ4n) is 1.87. The van der Waals surface area contributed by atoms with Crippen LogP contribution < -0.4 is 0 Å². The minimum atomic E-state index is -0.712. The largest absolute Gasteiger partial charge is 0.481 e. The Hall–Kier alpha value is -0.610. The second-order valence-corrected chi connectivity index (χ2v) is 4.69. The number of hydrogen-bond donors (Lipinski definition) is 2. The van der Waals surface area contributed by atoms with E-state index < -0.39 is 11.6 Å². The van der Waals surface area contributed by atoms with Gasteiger partial charge in [-0.2, -0.15) is 0 Å². The highest BCUT2D eigenvalue weighted by Gasteiger charge is 2.26. The van der Waals surface area contributed by atoms with Gasteiger partial charge in [-0.3, -0.25) is 4.79 Å². The maximum absolute atomic E-state index is 10.3. The molecule has 0 atom stereocenters. The van der Waals surface area contributed by atoms with Gasteiger partial charge in [0, 0.05) is 19.5 Å². The molecule has 0 radical (unpaired) electrons. The highest BCUT2D eigenvalue weighted by atomic mass is 16.4. The highest BCUT2D eigenvalue weighted by molar-refractivity contribution is 5.66. The average molecular weight is 215 g/mol. The van der Waals surface area contributed by atoms with Crippen molar-refractivity contribution in [3.05, 3.63) is 0 Å². The van der Waals surface area contributed by atoms with Gasteiger partial charge in [-0.15, -0.1) is 0 Å². The van der Waals surface area contributed by atoms with Gasteiger partial charge in [-0.25, -0.2) is 0 Å². The molecule has 88 valence electrons. The summed E-state index contributed by atoms with van der Waals surface area (Å²) in [5.74, 6) is -0.712. The topological polar surface area (TPSA) is 60.8 Å². The second kappa shape index (κ2) is 5.47. The zero-order valence-corrected chi connectivity index (χ0v) is 9.41. The van der Waals surface area contributed by atoms with Gasteiger partial charge in [0.15, 0.2) is 0 Å². The predicted molar refractivity (Wildman–Crippen MR) is 57.8 cm³/mol. The maximum atomic E-state index is 10.3. The molecule has 0 bridgehead atoms. The zero-order valence-electron chi connectivity index (χ0n) is 9.41. The molecule has 0 aromatic carbocycles. The van der Waals surface area contributed by atoms with Gasteiger partial charge in [-0.05, 0) is 39.2 Å². The molecule has 0 unspecified atom stereocenters. The minimum absolute atomic E-state index is 0.269. The van der Waals surface area contributed by atoms with E-state index in [1.165, 1.54) is 0 Å². The van der Waals surface area contributed by atoms with Gasteiger partial charge >= 0.3 is 5.97 Å². The Balaban J connectivity index is 2.06. The first-order valence-electron chi connectivity index (χ1n) is 5.66. The molecule has 1 rings (SSSR count). The van der Waals surface area contributed by atoms with Crippen LogP contribution in [0.2, 0.25) is 0 Å². The molecule has 4 heteroatoms. The SMILES string of the molecule is CC1(O)CCN(CCCCC(=O)O)CC1. The lowest BCUT2D eigenvalue weighted by molar-refractivity contribution is -0.137. The van der Waals surface area contributed by atoms with E-state index in [0.29, 0.717) is 0 Å². The standard InChI is InChI=1S/C11H21NO3/c1-11(15)5-8-12(9-6-11)7-3-2-4-10(13)14/h15H,2-9H2,1H3,(H,13,14). The normalized spacial score (nSPS) is 21.5. The van der Waals surface area contributed by atoms with Gasteiger partial charge in [-0.1, -0.05) is 0 Å². The number of likely N-dealkylation sites (tertiary alicyclic amines) is 1. The third kappa shape index (κ3) is 5.14. The quantitative estimate of drug-likeness (QED) is 0.674. The van der Waals surface area contributed by atoms with Crippen molar-refractivity contribution in [3.63, 3.8) is 0 Å². The smallest absolute Gasteiger partial charge is 0.303 e. The summed E-state index contributed by atoms with van der Waals surface area (Å²) in [6, 6.07) is 0. The number of unbranched alkanes of at least 4 members (excludes halogenated alkanes) is 1. The number of piperidine rings is 1. The molecular weight excluding hydrogens is 194 g/mol. The van der Waals surface area contributed by atoms with Crippen molar-refractivity contribution in [2.24, 2.45) is 0 Å². The third-order valence-corrected chi connectivity index (χ3v) is 3.05. The summed E-state index contributed by atoms with van der Waals surface area (Å²) in [5.41, 5.74) is -0.489. The Kier molecular flexibility index (Phi) is 4.54. The summed E-state index contributed by atoms with van der Waals surface area (Å²) >= 11 is 0. The van der Waals surface area contributed by atoms with Crippen LogP contribution in [0, 0.1) is 0 Å². The van der Waals surface area contributed by atoms with Gasteiger partial charge < -0.3 is 15.1 Å². The first-order chi connectivity index (χ1) is 6.99. The molecule has 0 saturated carbocycles. The maximum Gasteiger partial charge on any atom is 0.303 e. The van der Waals surface area contributed by atoms with E-state index in [1.54, 1.807) is 0 Å². The van der Waals surface area contributed by atoms with Crippen molar-refractivity contribution >= 4 is 5.97 Å². The molecule has 4 nitrogen and oxygen atoms in total. The molecule has 0 aromatic rings. The van der Waals surface area contributed by atoms with Crippen LogP contribution in [0.5, 0.6) is 0 Å². The molecule has 0 spiro atoms. The summed E-state index contributed by atoms with van der Waals surface area (Å²) in [7, 11) is 0.